The lowest BCUT2D eigenvalue weighted by molar-refractivity contribution is -0.133. The van der Waals surface area contributed by atoms with E-state index in [1.807, 2.05) is 62.3 Å². The predicted octanol–water partition coefficient (Wildman–Crippen LogP) is 7.90. The summed E-state index contributed by atoms with van der Waals surface area (Å²) in [5.41, 5.74) is 3.19. The third-order valence-corrected chi connectivity index (χ3v) is 8.53. The zero-order valence-corrected chi connectivity index (χ0v) is 27.5. The number of nitrogens with zero attached hydrogens (tertiary/aromatic N) is 4. The Labute approximate surface area is 267 Å². The van der Waals surface area contributed by atoms with E-state index in [1.165, 1.54) is 43.4 Å². The molecule has 3 aromatic carbocycles. The van der Waals surface area contributed by atoms with E-state index in [0.717, 1.165) is 37.7 Å². The van der Waals surface area contributed by atoms with Gasteiger partial charge in [0.1, 0.15) is 11.6 Å². The Morgan fingerprint density at radius 3 is 2.20 bits per heavy atom. The number of unbranched alkanes of at least 4 members (excludes halogenated alkanes) is 6. The van der Waals surface area contributed by atoms with Crippen LogP contribution in [0.4, 0.5) is 4.39 Å². The summed E-state index contributed by atoms with van der Waals surface area (Å²) >= 11 is 0. The second-order valence-corrected chi connectivity index (χ2v) is 12.4. The molecule has 0 aliphatic rings. The zero-order valence-electron chi connectivity index (χ0n) is 27.5. The van der Waals surface area contributed by atoms with Gasteiger partial charge in [-0.25, -0.2) is 9.37 Å². The monoisotopic (exact) mass is 612 g/mol. The number of rotatable bonds is 17. The van der Waals surface area contributed by atoms with Gasteiger partial charge in [0, 0.05) is 19.5 Å². The minimum absolute atomic E-state index is 0.0640. The van der Waals surface area contributed by atoms with Crippen LogP contribution in [0.3, 0.4) is 0 Å². The maximum atomic E-state index is 14.3. The third-order valence-electron chi connectivity index (χ3n) is 8.53. The highest BCUT2D eigenvalue weighted by molar-refractivity contribution is 5.79. The highest BCUT2D eigenvalue weighted by Crippen LogP contribution is 2.25. The van der Waals surface area contributed by atoms with Gasteiger partial charge in [-0.3, -0.25) is 14.2 Å². The van der Waals surface area contributed by atoms with Gasteiger partial charge < -0.3 is 9.80 Å². The molecule has 0 saturated carbocycles. The van der Waals surface area contributed by atoms with Crippen molar-refractivity contribution in [3.8, 4) is 5.69 Å². The second kappa shape index (κ2) is 17.0. The normalized spacial score (nSPS) is 12.1. The average molecular weight is 613 g/mol. The van der Waals surface area contributed by atoms with Gasteiger partial charge in [-0.15, -0.1) is 0 Å². The second-order valence-electron chi connectivity index (χ2n) is 12.4. The predicted molar refractivity (Wildman–Crippen MR) is 182 cm³/mol. The van der Waals surface area contributed by atoms with Gasteiger partial charge in [-0.05, 0) is 87.8 Å². The first-order chi connectivity index (χ1) is 21.8. The number of likely N-dealkylation sites (N-methyl/N-ethyl adjacent to an activating group) is 1. The van der Waals surface area contributed by atoms with Crippen molar-refractivity contribution in [2.75, 3.05) is 27.2 Å². The Morgan fingerprint density at radius 1 is 0.844 bits per heavy atom. The molecule has 1 unspecified atom stereocenters. The molecule has 4 aromatic rings. The number of aryl methyl sites for hydroxylation is 2. The lowest BCUT2D eigenvalue weighted by atomic mass is 10.0. The van der Waals surface area contributed by atoms with Gasteiger partial charge in [0.2, 0.25) is 5.91 Å². The first-order valence-electron chi connectivity index (χ1n) is 16.6. The van der Waals surface area contributed by atoms with Gasteiger partial charge in [-0.1, -0.05) is 81.8 Å². The summed E-state index contributed by atoms with van der Waals surface area (Å²) in [7, 11) is 3.98. The highest BCUT2D eigenvalue weighted by Gasteiger charge is 2.27. The minimum Gasteiger partial charge on any atom is -0.331 e. The Hall–Kier alpha value is -3.84. The van der Waals surface area contributed by atoms with E-state index < -0.39 is 6.04 Å². The van der Waals surface area contributed by atoms with Crippen LogP contribution in [-0.2, 0) is 17.6 Å². The fraction of sp³-hybridized carbons (Fsp3) is 0.447. The first kappa shape index (κ1) is 34.0. The molecule has 0 fully saturated rings. The number of carbonyl (C=O) groups is 1. The van der Waals surface area contributed by atoms with Crippen LogP contribution in [-0.4, -0.2) is 52.4 Å². The zero-order chi connectivity index (χ0) is 32.2. The Balaban J connectivity index is 1.67. The van der Waals surface area contributed by atoms with Crippen LogP contribution in [0.25, 0.3) is 16.6 Å². The van der Waals surface area contributed by atoms with Gasteiger partial charge in [0.25, 0.3) is 5.56 Å². The molecule has 240 valence electrons. The maximum Gasteiger partial charge on any atom is 0.266 e. The molecule has 1 aromatic heterocycles. The van der Waals surface area contributed by atoms with E-state index >= 15 is 0 Å². The Kier molecular flexibility index (Phi) is 12.9. The standard InChI is InChI=1S/C38H49FN4O2/c1-5-6-7-8-9-10-14-17-36(44)42(27-26-41(3)4)29(2)37-40-35-25-20-31(19-18-30-15-12-11-13-16-30)28-34(35)38(45)43(37)33-23-21-32(39)22-24-33/h11-13,15-16,20-25,28-29H,5-10,14,17-19,26-27H2,1-4H3. The molecule has 0 radical (unpaired) electrons. The summed E-state index contributed by atoms with van der Waals surface area (Å²) in [6.45, 7) is 5.36. The van der Waals surface area contributed by atoms with Crippen molar-refractivity contribution in [1.29, 1.82) is 0 Å². The van der Waals surface area contributed by atoms with E-state index in [1.54, 1.807) is 16.7 Å². The van der Waals surface area contributed by atoms with Crippen molar-refractivity contribution in [3.63, 3.8) is 0 Å². The molecular weight excluding hydrogens is 563 g/mol. The van der Waals surface area contributed by atoms with Crippen LogP contribution in [0, 0.1) is 5.82 Å². The maximum absolute atomic E-state index is 14.3. The fourth-order valence-electron chi connectivity index (χ4n) is 5.82. The van der Waals surface area contributed by atoms with Crippen LogP contribution in [0.1, 0.15) is 88.2 Å². The van der Waals surface area contributed by atoms with Gasteiger partial charge in [-0.2, -0.15) is 0 Å². The highest BCUT2D eigenvalue weighted by atomic mass is 19.1. The number of fused-ring (bicyclic) bond motifs is 1. The molecule has 1 atom stereocenters. The van der Waals surface area contributed by atoms with Crippen molar-refractivity contribution in [2.24, 2.45) is 0 Å². The van der Waals surface area contributed by atoms with Crippen molar-refractivity contribution >= 4 is 16.8 Å². The van der Waals surface area contributed by atoms with Crippen molar-refractivity contribution in [3.05, 3.63) is 106 Å². The van der Waals surface area contributed by atoms with Crippen LogP contribution >= 0.6 is 0 Å². The number of carbonyl (C=O) groups excluding carboxylic acids is 1. The summed E-state index contributed by atoms with van der Waals surface area (Å²) < 4.78 is 15.5. The van der Waals surface area contributed by atoms with E-state index in [2.05, 4.69) is 24.0 Å². The van der Waals surface area contributed by atoms with Gasteiger partial charge in [0.05, 0.1) is 22.6 Å². The Bertz CT molecular complexity index is 1570. The largest absolute Gasteiger partial charge is 0.331 e. The van der Waals surface area contributed by atoms with Crippen LogP contribution in [0.15, 0.2) is 77.6 Å². The number of hydrogen-bond donors (Lipinski definition) is 0. The van der Waals surface area contributed by atoms with E-state index in [9.17, 15) is 14.0 Å². The molecule has 1 amide bonds. The molecule has 0 saturated heterocycles. The SMILES string of the molecule is CCCCCCCCCC(=O)N(CCN(C)C)C(C)c1nc2ccc(CCc3ccccc3)cc2c(=O)n1-c1ccc(F)cc1. The number of amides is 1. The number of halogens is 1. The Morgan fingerprint density at radius 2 is 1.51 bits per heavy atom. The third kappa shape index (κ3) is 9.57. The van der Waals surface area contributed by atoms with E-state index in [4.69, 9.17) is 4.98 Å². The first-order valence-corrected chi connectivity index (χ1v) is 16.6. The smallest absolute Gasteiger partial charge is 0.266 e. The molecule has 4 rings (SSSR count). The summed E-state index contributed by atoms with van der Waals surface area (Å²) in [4.78, 5) is 36.9. The lowest BCUT2D eigenvalue weighted by Crippen LogP contribution is -2.40. The topological polar surface area (TPSA) is 58.4 Å². The van der Waals surface area contributed by atoms with E-state index in [0.29, 0.717) is 41.9 Å². The molecule has 1 heterocycles. The van der Waals surface area contributed by atoms with E-state index in [-0.39, 0.29) is 17.3 Å². The molecule has 0 aliphatic carbocycles. The molecule has 0 N–H and O–H groups in total. The summed E-state index contributed by atoms with van der Waals surface area (Å²) in [6, 6.07) is 21.6. The molecule has 45 heavy (non-hydrogen) atoms. The molecule has 0 spiro atoms. The quantitative estimate of drug-likeness (QED) is 0.114. The van der Waals surface area contributed by atoms with Crippen molar-refractivity contribution in [1.82, 2.24) is 19.4 Å². The lowest BCUT2D eigenvalue weighted by Gasteiger charge is -2.31. The molecule has 0 bridgehead atoms. The minimum atomic E-state index is -0.470. The molecular formula is C38H49FN4O2. The van der Waals surface area contributed by atoms with Crippen molar-refractivity contribution in [2.45, 2.75) is 84.1 Å². The van der Waals surface area contributed by atoms with Gasteiger partial charge in [0.15, 0.2) is 0 Å². The summed E-state index contributed by atoms with van der Waals surface area (Å²) in [5.74, 6) is 0.160. The summed E-state index contributed by atoms with van der Waals surface area (Å²) in [6.07, 6.45) is 10.1. The number of benzene rings is 3. The van der Waals surface area contributed by atoms with Gasteiger partial charge >= 0.3 is 0 Å². The number of aromatic nitrogens is 2. The van der Waals surface area contributed by atoms with Crippen LogP contribution in [0.5, 0.6) is 0 Å². The molecule has 6 nitrogen and oxygen atoms in total. The fourth-order valence-corrected chi connectivity index (χ4v) is 5.82. The van der Waals surface area contributed by atoms with Crippen LogP contribution in [0.2, 0.25) is 0 Å². The summed E-state index contributed by atoms with van der Waals surface area (Å²) in [5, 5.41) is 0.509. The molecule has 0 aliphatic heterocycles. The average Bonchev–Trinajstić information content (AvgIpc) is 3.04. The number of hydrogen-bond acceptors (Lipinski definition) is 4. The van der Waals surface area contributed by atoms with Crippen LogP contribution < -0.4 is 5.56 Å². The molecule has 7 heteroatoms. The van der Waals surface area contributed by atoms with Crippen molar-refractivity contribution < 1.29 is 9.18 Å².